The Labute approximate surface area is 515 Å². The van der Waals surface area contributed by atoms with Gasteiger partial charge in [0.15, 0.2) is 0 Å². The normalized spacial score (nSPS) is 17.8. The molecule has 2 heteroatoms. The van der Waals surface area contributed by atoms with E-state index in [2.05, 4.69) is 283 Å². The van der Waals surface area contributed by atoms with E-state index in [0.717, 1.165) is 25.0 Å². The summed E-state index contributed by atoms with van der Waals surface area (Å²) >= 11 is 0.0375. The Morgan fingerprint density at radius 2 is 0.667 bits per heavy atom. The molecule has 1 fully saturated rings. The third-order valence-electron chi connectivity index (χ3n) is 19.5. The molecule has 0 amide bonds. The number of rotatable bonds is 16. The summed E-state index contributed by atoms with van der Waals surface area (Å²) in [5.74, 6) is 4.28. The second-order valence-corrected chi connectivity index (χ2v) is 31.1. The van der Waals surface area contributed by atoms with E-state index < -0.39 is 0 Å². The molecule has 1 saturated carbocycles. The molecular weight excluding hydrogens is 1080 g/mol. The molecule has 8 aromatic carbocycles. The molecule has 0 bridgehead atoms. The number of fused-ring (bicyclic) bond motifs is 2. The van der Waals surface area contributed by atoms with Gasteiger partial charge in [-0.3, -0.25) is 0 Å². The molecule has 84 heavy (non-hydrogen) atoms. The van der Waals surface area contributed by atoms with Gasteiger partial charge < -0.3 is 0 Å². The van der Waals surface area contributed by atoms with Crippen molar-refractivity contribution in [3.05, 3.63) is 202 Å². The van der Waals surface area contributed by atoms with Crippen LogP contribution in [0, 0.1) is 11.3 Å². The van der Waals surface area contributed by atoms with Crippen LogP contribution in [-0.2, 0) is 6.42 Å². The maximum absolute atomic E-state index is 7.18. The van der Waals surface area contributed by atoms with Crippen LogP contribution in [0.5, 0.6) is 5.75 Å². The SMILES string of the molecule is CC(C)c1cccc(C(C)C)c1-c1cc(-c2cccc(-c3cc(-c4c(C(C)C)cccc4C(C)C)cc(-c4c(C(C)C)cccc4C(C)C)c3)c2[Se]C2CCC3(C)Oc4ccccc4CC3C2(C)C)cc(-c2c(C(C)C)cccc2C(C)C)c1. The Kier molecular flexibility index (Phi) is 17.8. The molecule has 0 radical (unpaired) electrons. The van der Waals surface area contributed by atoms with Crippen LogP contribution in [0.15, 0.2) is 152 Å². The van der Waals surface area contributed by atoms with Gasteiger partial charge in [0, 0.05) is 0 Å². The Hall–Kier alpha value is -5.92. The summed E-state index contributed by atoms with van der Waals surface area (Å²) in [7, 11) is 0. The predicted octanol–water partition coefficient (Wildman–Crippen LogP) is 23.6. The molecule has 0 saturated heterocycles. The summed E-state index contributed by atoms with van der Waals surface area (Å²) in [5, 5.41) is 0. The van der Waals surface area contributed by atoms with Crippen molar-refractivity contribution in [3.8, 4) is 72.5 Å². The van der Waals surface area contributed by atoms with Crippen LogP contribution in [-0.4, -0.2) is 20.6 Å². The molecule has 3 unspecified atom stereocenters. The van der Waals surface area contributed by atoms with Gasteiger partial charge in [-0.1, -0.05) is 0 Å². The van der Waals surface area contributed by atoms with Crippen molar-refractivity contribution in [1.29, 1.82) is 0 Å². The maximum atomic E-state index is 7.18. The third-order valence-corrected chi connectivity index (χ3v) is 23.3. The van der Waals surface area contributed by atoms with Gasteiger partial charge in [-0.2, -0.15) is 0 Å². The minimum absolute atomic E-state index is 0.0135. The third kappa shape index (κ3) is 11.6. The molecule has 0 aromatic heterocycles. The van der Waals surface area contributed by atoms with Gasteiger partial charge in [0.25, 0.3) is 0 Å². The van der Waals surface area contributed by atoms with E-state index in [4.69, 9.17) is 4.74 Å². The molecule has 1 nitrogen and oxygen atoms in total. The zero-order chi connectivity index (χ0) is 60.3. The van der Waals surface area contributed by atoms with Crippen LogP contribution in [0.3, 0.4) is 0 Å². The molecule has 1 aliphatic heterocycles. The number of hydrogen-bond donors (Lipinski definition) is 0. The van der Waals surface area contributed by atoms with Crippen molar-refractivity contribution < 1.29 is 4.74 Å². The molecule has 0 spiro atoms. The first-order valence-corrected chi connectivity index (χ1v) is 34.1. The van der Waals surface area contributed by atoms with E-state index in [1.165, 1.54) is 121 Å². The molecule has 1 heterocycles. The topological polar surface area (TPSA) is 9.23 Å². The molecule has 0 N–H and O–H groups in total. The summed E-state index contributed by atoms with van der Waals surface area (Å²) in [6.07, 6.45) is 3.20. The summed E-state index contributed by atoms with van der Waals surface area (Å²) in [5.41, 5.74) is 28.7. The van der Waals surface area contributed by atoms with Crippen LogP contribution in [0.25, 0.3) is 66.8 Å². The first-order chi connectivity index (χ1) is 39.9. The number of para-hydroxylation sites is 1. The predicted molar refractivity (Wildman–Crippen MR) is 367 cm³/mol. The van der Waals surface area contributed by atoms with Crippen molar-refractivity contribution in [2.24, 2.45) is 11.3 Å². The first-order valence-electron chi connectivity index (χ1n) is 32.3. The van der Waals surface area contributed by atoms with E-state index in [-0.39, 0.29) is 26.0 Å². The summed E-state index contributed by atoms with van der Waals surface area (Å²) < 4.78 is 8.70. The Morgan fingerprint density at radius 1 is 0.369 bits per heavy atom. The fourth-order valence-electron chi connectivity index (χ4n) is 15.0. The number of benzene rings is 8. The first kappa shape index (κ1) is 61.2. The van der Waals surface area contributed by atoms with Gasteiger partial charge in [-0.15, -0.1) is 0 Å². The summed E-state index contributed by atoms with van der Waals surface area (Å²) in [6.45, 7) is 45.7. The van der Waals surface area contributed by atoms with Gasteiger partial charge in [0.2, 0.25) is 0 Å². The van der Waals surface area contributed by atoms with Gasteiger partial charge in [-0.25, -0.2) is 0 Å². The van der Waals surface area contributed by atoms with E-state index in [9.17, 15) is 0 Å². The fraction of sp³-hybridized carbons (Fsp3) is 0.415. The molecule has 8 aromatic rings. The minimum atomic E-state index is -0.231. The van der Waals surface area contributed by atoms with Crippen LogP contribution >= 0.6 is 0 Å². The Bertz CT molecular complexity index is 3230. The zero-order valence-electron chi connectivity index (χ0n) is 54.6. The van der Waals surface area contributed by atoms with Crippen LogP contribution < -0.4 is 9.20 Å². The van der Waals surface area contributed by atoms with Gasteiger partial charge >= 0.3 is 518 Å². The van der Waals surface area contributed by atoms with E-state index in [1.54, 1.807) is 0 Å². The number of hydrogen-bond acceptors (Lipinski definition) is 1. The summed E-state index contributed by atoms with van der Waals surface area (Å²) in [4.78, 5) is 0.453. The molecule has 3 atom stereocenters. The molecule has 1 aliphatic carbocycles. The van der Waals surface area contributed by atoms with Gasteiger partial charge in [0.1, 0.15) is 0 Å². The Balaban J connectivity index is 1.33. The number of ether oxygens (including phenoxy) is 1. The molecule has 2 aliphatic rings. The summed E-state index contributed by atoms with van der Waals surface area (Å²) in [6, 6.07) is 60.3. The second kappa shape index (κ2) is 24.5. The average molecular weight is 1180 g/mol. The van der Waals surface area contributed by atoms with Crippen molar-refractivity contribution in [2.75, 3.05) is 0 Å². The second-order valence-electron chi connectivity index (χ2n) is 28.5. The quantitative estimate of drug-likeness (QED) is 0.0876. The molecular formula is C82H98OSe. The zero-order valence-corrected chi connectivity index (χ0v) is 56.4. The molecule has 10 rings (SSSR count). The van der Waals surface area contributed by atoms with Crippen LogP contribution in [0.2, 0.25) is 4.82 Å². The van der Waals surface area contributed by atoms with Crippen LogP contribution in [0.1, 0.15) is 242 Å². The van der Waals surface area contributed by atoms with Crippen molar-refractivity contribution in [2.45, 2.75) is 209 Å². The van der Waals surface area contributed by atoms with E-state index in [1.807, 2.05) is 0 Å². The standard InChI is InChI=1S/C82H98OSe/c1-48(2)63-28-22-29-64(49(3)4)76(63)59-41-57(42-60(45-59)77-65(50(5)6)30-23-31-66(77)51(7)8)71-36-26-37-72(80(71)84-75-39-40-82(19)74(81(75,17)18)47-56-27-20-21-38-73(56)83-82)58-43-61(78-67(52(9)10)32-24-33-68(78)53(11)12)46-62(44-58)79-69(54(13)14)34-25-35-70(79)55(15)16/h20-38,41-46,48-55,74-75H,39-40,47H2,1-19H3. The van der Waals surface area contributed by atoms with Gasteiger partial charge in [0.05, 0.1) is 0 Å². The van der Waals surface area contributed by atoms with E-state index >= 15 is 0 Å². The van der Waals surface area contributed by atoms with E-state index in [0.29, 0.717) is 58.1 Å². The van der Waals surface area contributed by atoms with Crippen molar-refractivity contribution in [1.82, 2.24) is 0 Å². The monoisotopic (exact) mass is 1180 g/mol. The molecule has 438 valence electrons. The van der Waals surface area contributed by atoms with Gasteiger partial charge in [-0.05, 0) is 0 Å². The fourth-order valence-corrected chi connectivity index (χ4v) is 18.4. The van der Waals surface area contributed by atoms with Crippen molar-refractivity contribution in [3.63, 3.8) is 0 Å². The Morgan fingerprint density at radius 3 is 0.988 bits per heavy atom. The van der Waals surface area contributed by atoms with Crippen molar-refractivity contribution >= 4 is 19.4 Å². The van der Waals surface area contributed by atoms with Crippen LogP contribution in [0.4, 0.5) is 0 Å². The average Bonchev–Trinajstić information content (AvgIpc) is 3.31.